The zero-order valence-electron chi connectivity index (χ0n) is 14.4. The van der Waals surface area contributed by atoms with E-state index in [-0.39, 0.29) is 17.1 Å². The van der Waals surface area contributed by atoms with Gasteiger partial charge in [-0.2, -0.15) is 0 Å². The molecule has 0 aliphatic carbocycles. The fourth-order valence-electron chi connectivity index (χ4n) is 2.88. The van der Waals surface area contributed by atoms with E-state index in [1.807, 2.05) is 12.1 Å². The highest BCUT2D eigenvalue weighted by atomic mass is 79.9. The van der Waals surface area contributed by atoms with Crippen LogP contribution in [0.3, 0.4) is 0 Å². The molecule has 0 unspecified atom stereocenters. The molecular formula is C20H14BrCl2NO3. The van der Waals surface area contributed by atoms with Crippen molar-refractivity contribution < 1.29 is 14.3 Å². The van der Waals surface area contributed by atoms with Crippen LogP contribution in [-0.2, 0) is 14.3 Å². The molecule has 2 aromatic carbocycles. The van der Waals surface area contributed by atoms with Gasteiger partial charge in [0.15, 0.2) is 0 Å². The lowest BCUT2D eigenvalue weighted by Gasteiger charge is -2.18. The maximum absolute atomic E-state index is 13.2. The van der Waals surface area contributed by atoms with Crippen LogP contribution in [0.4, 0.5) is 5.69 Å². The second kappa shape index (κ2) is 7.89. The number of anilines is 1. The summed E-state index contributed by atoms with van der Waals surface area (Å²) in [5, 5.41) is 0.862. The molecule has 0 saturated carbocycles. The molecule has 0 spiro atoms. The number of hydrogen-bond acceptors (Lipinski definition) is 3. The van der Waals surface area contributed by atoms with Crippen molar-refractivity contribution in [2.45, 2.75) is 6.92 Å². The molecule has 0 N–H and O–H groups in total. The molecule has 1 heterocycles. The van der Waals surface area contributed by atoms with E-state index < -0.39 is 5.97 Å². The van der Waals surface area contributed by atoms with E-state index in [0.717, 1.165) is 4.47 Å². The Bertz CT molecular complexity index is 1010. The van der Waals surface area contributed by atoms with Gasteiger partial charge in [0.1, 0.15) is 0 Å². The molecule has 7 heteroatoms. The minimum absolute atomic E-state index is 0.202. The molecular weight excluding hydrogens is 453 g/mol. The van der Waals surface area contributed by atoms with E-state index in [0.29, 0.717) is 27.0 Å². The van der Waals surface area contributed by atoms with Gasteiger partial charge in [-0.05, 0) is 48.9 Å². The molecule has 0 atom stereocenters. The van der Waals surface area contributed by atoms with Crippen LogP contribution >= 0.6 is 39.1 Å². The van der Waals surface area contributed by atoms with E-state index in [1.165, 1.54) is 12.0 Å². The van der Waals surface area contributed by atoms with Crippen LogP contribution in [-0.4, -0.2) is 19.0 Å². The quantitative estimate of drug-likeness (QED) is 0.434. The average Bonchev–Trinajstić information content (AvgIpc) is 2.87. The molecule has 0 aromatic heterocycles. The largest absolute Gasteiger partial charge is 0.465 e. The molecule has 27 heavy (non-hydrogen) atoms. The first kappa shape index (κ1) is 19.7. The fourth-order valence-corrected chi connectivity index (χ4v) is 3.73. The van der Waals surface area contributed by atoms with Gasteiger partial charge in [0.25, 0.3) is 5.91 Å². The molecule has 0 saturated heterocycles. The summed E-state index contributed by atoms with van der Waals surface area (Å²) in [5.74, 6) is -0.924. The first-order valence-corrected chi connectivity index (χ1v) is 9.44. The lowest BCUT2D eigenvalue weighted by molar-refractivity contribution is -0.136. The number of ether oxygens (including phenoxy) is 1. The minimum Gasteiger partial charge on any atom is -0.465 e. The van der Waals surface area contributed by atoms with Crippen LogP contribution in [0.1, 0.15) is 12.5 Å². The Morgan fingerprint density at radius 3 is 2.56 bits per heavy atom. The summed E-state index contributed by atoms with van der Waals surface area (Å²) in [6.45, 7) is 1.70. The lowest BCUT2D eigenvalue weighted by Crippen LogP contribution is -2.24. The zero-order valence-corrected chi connectivity index (χ0v) is 17.5. The summed E-state index contributed by atoms with van der Waals surface area (Å²) in [6, 6.07) is 12.2. The number of carbonyl (C=O) groups excluding carboxylic acids is 2. The van der Waals surface area contributed by atoms with Crippen molar-refractivity contribution in [1.29, 1.82) is 0 Å². The number of rotatable bonds is 3. The predicted molar refractivity (Wildman–Crippen MR) is 111 cm³/mol. The standard InChI is InChI=1S/C20H14BrCl2NO3/c1-11-18(20(26)27-2)16(8-12-6-7-14(22)10-17(12)23)19(25)24(11)15-5-3-4-13(21)9-15/h3-10H,1-2H3/b16-8-. The maximum Gasteiger partial charge on any atom is 0.340 e. The Morgan fingerprint density at radius 2 is 1.93 bits per heavy atom. The third-order valence-electron chi connectivity index (χ3n) is 4.12. The van der Waals surface area contributed by atoms with E-state index in [2.05, 4.69) is 15.9 Å². The van der Waals surface area contributed by atoms with Gasteiger partial charge in [0.2, 0.25) is 0 Å². The summed E-state index contributed by atoms with van der Waals surface area (Å²) in [7, 11) is 1.28. The minimum atomic E-state index is -0.588. The number of methoxy groups -OCH3 is 1. The normalized spacial score (nSPS) is 15.7. The third kappa shape index (κ3) is 3.81. The number of amides is 1. The van der Waals surface area contributed by atoms with Gasteiger partial charge in [-0.15, -0.1) is 0 Å². The molecule has 0 radical (unpaired) electrons. The smallest absolute Gasteiger partial charge is 0.340 e. The lowest BCUT2D eigenvalue weighted by atomic mass is 10.0. The Morgan fingerprint density at radius 1 is 1.19 bits per heavy atom. The van der Waals surface area contributed by atoms with E-state index in [9.17, 15) is 9.59 Å². The topological polar surface area (TPSA) is 46.6 Å². The Labute approximate surface area is 175 Å². The summed E-state index contributed by atoms with van der Waals surface area (Å²) in [5.41, 5.74) is 2.12. The number of nitrogens with zero attached hydrogens (tertiary/aromatic N) is 1. The van der Waals surface area contributed by atoms with Crippen LogP contribution < -0.4 is 4.90 Å². The van der Waals surface area contributed by atoms with Gasteiger partial charge in [-0.3, -0.25) is 9.69 Å². The Balaban J connectivity index is 2.17. The molecule has 4 nitrogen and oxygen atoms in total. The summed E-state index contributed by atoms with van der Waals surface area (Å²) in [4.78, 5) is 27.0. The van der Waals surface area contributed by atoms with Crippen LogP contribution in [0.5, 0.6) is 0 Å². The highest BCUT2D eigenvalue weighted by molar-refractivity contribution is 9.10. The summed E-state index contributed by atoms with van der Waals surface area (Å²) in [6.07, 6.45) is 1.58. The second-order valence-corrected chi connectivity index (χ2v) is 7.56. The molecule has 1 amide bonds. The monoisotopic (exact) mass is 465 g/mol. The Hall–Kier alpha value is -2.08. The molecule has 3 rings (SSSR count). The first-order valence-electron chi connectivity index (χ1n) is 7.90. The first-order chi connectivity index (χ1) is 12.8. The van der Waals surface area contributed by atoms with Gasteiger partial charge in [-0.25, -0.2) is 4.79 Å². The number of esters is 1. The highest BCUT2D eigenvalue weighted by Crippen LogP contribution is 2.37. The van der Waals surface area contributed by atoms with Crippen LogP contribution in [0.25, 0.3) is 6.08 Å². The van der Waals surface area contributed by atoms with Crippen molar-refractivity contribution in [3.05, 3.63) is 79.4 Å². The summed E-state index contributed by atoms with van der Waals surface area (Å²) >= 11 is 15.6. The highest BCUT2D eigenvalue weighted by Gasteiger charge is 2.38. The average molecular weight is 467 g/mol. The van der Waals surface area contributed by atoms with Crippen molar-refractivity contribution >= 4 is 62.8 Å². The molecule has 0 fully saturated rings. The Kier molecular flexibility index (Phi) is 5.75. The van der Waals surface area contributed by atoms with Crippen molar-refractivity contribution in [2.24, 2.45) is 0 Å². The predicted octanol–water partition coefficient (Wildman–Crippen LogP) is 5.63. The number of allylic oxidation sites excluding steroid dienone is 1. The van der Waals surface area contributed by atoms with Crippen molar-refractivity contribution in [3.63, 3.8) is 0 Å². The van der Waals surface area contributed by atoms with Crippen LogP contribution in [0, 0.1) is 0 Å². The SMILES string of the molecule is COC(=O)C1=C(C)N(c2cccc(Br)c2)C(=O)/C1=C\c1ccc(Cl)cc1Cl. The van der Waals surface area contributed by atoms with Crippen LogP contribution in [0.15, 0.2) is 63.8 Å². The van der Waals surface area contributed by atoms with Crippen molar-refractivity contribution in [2.75, 3.05) is 12.0 Å². The van der Waals surface area contributed by atoms with Gasteiger partial charge in [-0.1, -0.05) is 51.3 Å². The molecule has 138 valence electrons. The van der Waals surface area contributed by atoms with Crippen molar-refractivity contribution in [3.8, 4) is 0 Å². The molecule has 2 aromatic rings. The maximum atomic E-state index is 13.2. The van der Waals surface area contributed by atoms with E-state index in [4.69, 9.17) is 27.9 Å². The van der Waals surface area contributed by atoms with Crippen LogP contribution in [0.2, 0.25) is 10.0 Å². The fraction of sp³-hybridized carbons (Fsp3) is 0.100. The van der Waals surface area contributed by atoms with Gasteiger partial charge in [0, 0.05) is 20.2 Å². The molecule has 0 bridgehead atoms. The second-order valence-electron chi connectivity index (χ2n) is 5.80. The number of halogens is 3. The van der Waals surface area contributed by atoms with Gasteiger partial charge in [0.05, 0.1) is 23.9 Å². The van der Waals surface area contributed by atoms with E-state index in [1.54, 1.807) is 43.3 Å². The zero-order chi connectivity index (χ0) is 19.7. The number of carbonyl (C=O) groups is 2. The third-order valence-corrected chi connectivity index (χ3v) is 5.17. The molecule has 1 aliphatic rings. The van der Waals surface area contributed by atoms with Crippen molar-refractivity contribution in [1.82, 2.24) is 0 Å². The van der Waals surface area contributed by atoms with Gasteiger partial charge >= 0.3 is 5.97 Å². The molecule has 1 aliphatic heterocycles. The van der Waals surface area contributed by atoms with E-state index >= 15 is 0 Å². The number of benzene rings is 2. The number of hydrogen-bond donors (Lipinski definition) is 0. The summed E-state index contributed by atoms with van der Waals surface area (Å²) < 4.78 is 5.72. The van der Waals surface area contributed by atoms with Gasteiger partial charge < -0.3 is 4.74 Å².